The lowest BCUT2D eigenvalue weighted by atomic mass is 9.81. The molecule has 0 spiro atoms. The highest BCUT2D eigenvalue weighted by molar-refractivity contribution is 5.78. The summed E-state index contributed by atoms with van der Waals surface area (Å²) in [4.78, 5) is 14.6. The Morgan fingerprint density at radius 2 is 2.45 bits per heavy atom. The lowest BCUT2D eigenvalue weighted by Gasteiger charge is -2.25. The van der Waals surface area contributed by atoms with Crippen LogP contribution in [0.25, 0.3) is 0 Å². The average molecular weight is 277 g/mol. The topological polar surface area (TPSA) is 47.4 Å². The third-order valence-corrected chi connectivity index (χ3v) is 5.02. The Morgan fingerprint density at radius 3 is 3.20 bits per heavy atom. The predicted octanol–water partition coefficient (Wildman–Crippen LogP) is 1.68. The van der Waals surface area contributed by atoms with Crippen LogP contribution in [0.2, 0.25) is 0 Å². The number of hydrogen-bond acceptors (Lipinski definition) is 4. The zero-order chi connectivity index (χ0) is 14.2. The van der Waals surface area contributed by atoms with Crippen molar-refractivity contribution in [3.8, 4) is 0 Å². The third kappa shape index (κ3) is 2.04. The first-order valence-corrected chi connectivity index (χ1v) is 7.51. The Kier molecular flexibility index (Phi) is 3.54. The molecule has 1 aliphatic heterocycles. The predicted molar refractivity (Wildman–Crippen MR) is 75.0 cm³/mol. The molecular weight excluding hydrogens is 254 g/mol. The van der Waals surface area contributed by atoms with Crippen LogP contribution in [0.3, 0.4) is 0 Å². The van der Waals surface area contributed by atoms with E-state index in [9.17, 15) is 4.79 Å². The summed E-state index contributed by atoms with van der Waals surface area (Å²) in [5.74, 6) is 0.458. The Balaban J connectivity index is 1.74. The van der Waals surface area contributed by atoms with Crippen LogP contribution in [0.15, 0.2) is 12.3 Å². The largest absolute Gasteiger partial charge is 0.469 e. The summed E-state index contributed by atoms with van der Waals surface area (Å²) in [5, 5.41) is 4.32. The zero-order valence-electron chi connectivity index (χ0n) is 12.3. The van der Waals surface area contributed by atoms with E-state index in [4.69, 9.17) is 4.74 Å². The number of carbonyl (C=O) groups is 1. The summed E-state index contributed by atoms with van der Waals surface area (Å²) in [7, 11) is 1.52. The van der Waals surface area contributed by atoms with Crippen LogP contribution in [0.1, 0.15) is 31.9 Å². The van der Waals surface area contributed by atoms with Crippen molar-refractivity contribution in [3.63, 3.8) is 0 Å². The van der Waals surface area contributed by atoms with Crippen LogP contribution in [0.5, 0.6) is 0 Å². The van der Waals surface area contributed by atoms with Gasteiger partial charge < -0.3 is 4.74 Å². The van der Waals surface area contributed by atoms with Gasteiger partial charge in [-0.15, -0.1) is 0 Å². The Bertz CT molecular complexity index is 499. The fourth-order valence-electron chi connectivity index (χ4n) is 4.06. The monoisotopic (exact) mass is 277 g/mol. The van der Waals surface area contributed by atoms with E-state index in [2.05, 4.69) is 23.0 Å². The van der Waals surface area contributed by atoms with Crippen LogP contribution >= 0.6 is 0 Å². The van der Waals surface area contributed by atoms with E-state index >= 15 is 0 Å². The standard InChI is InChI=1S/C15H23N3O2/c1-3-18-13(6-8-16-18)10-17-9-12-5-4-7-15(12,11-17)14(19)20-2/h6,8,12H,3-5,7,9-11H2,1-2H3/t12-,15+/m1/s1. The molecule has 0 bridgehead atoms. The number of nitrogens with zero attached hydrogens (tertiary/aromatic N) is 3. The summed E-state index contributed by atoms with van der Waals surface area (Å²) in [6.45, 7) is 5.71. The maximum absolute atomic E-state index is 12.2. The molecule has 5 nitrogen and oxygen atoms in total. The fraction of sp³-hybridized carbons (Fsp3) is 0.733. The molecule has 0 radical (unpaired) electrons. The average Bonchev–Trinajstić information content (AvgIpc) is 3.11. The van der Waals surface area contributed by atoms with Gasteiger partial charge in [0.05, 0.1) is 18.2 Å². The molecule has 2 heterocycles. The maximum Gasteiger partial charge on any atom is 0.313 e. The van der Waals surface area contributed by atoms with Crippen molar-refractivity contribution in [3.05, 3.63) is 18.0 Å². The Morgan fingerprint density at radius 1 is 1.60 bits per heavy atom. The van der Waals surface area contributed by atoms with Gasteiger partial charge in [-0.05, 0) is 31.7 Å². The highest BCUT2D eigenvalue weighted by atomic mass is 16.5. The molecule has 1 aliphatic carbocycles. The van der Waals surface area contributed by atoms with Gasteiger partial charge in [-0.25, -0.2) is 0 Å². The number of fused-ring (bicyclic) bond motifs is 1. The fourth-order valence-corrected chi connectivity index (χ4v) is 4.06. The quantitative estimate of drug-likeness (QED) is 0.786. The molecule has 0 unspecified atom stereocenters. The number of hydrogen-bond donors (Lipinski definition) is 0. The Hall–Kier alpha value is -1.36. The molecule has 0 aromatic carbocycles. The van der Waals surface area contributed by atoms with E-state index in [1.165, 1.54) is 12.8 Å². The van der Waals surface area contributed by atoms with Crippen LogP contribution in [0, 0.1) is 11.3 Å². The second kappa shape index (κ2) is 5.20. The number of rotatable bonds is 4. The molecule has 20 heavy (non-hydrogen) atoms. The minimum Gasteiger partial charge on any atom is -0.469 e. The summed E-state index contributed by atoms with van der Waals surface area (Å²) < 4.78 is 7.11. The van der Waals surface area contributed by atoms with Gasteiger partial charge in [0.2, 0.25) is 0 Å². The van der Waals surface area contributed by atoms with E-state index in [0.717, 1.165) is 45.4 Å². The smallest absolute Gasteiger partial charge is 0.313 e. The van der Waals surface area contributed by atoms with Crippen LogP contribution in [-0.2, 0) is 22.6 Å². The molecule has 0 amide bonds. The number of likely N-dealkylation sites (tertiary alicyclic amines) is 1. The SMILES string of the molecule is CCn1nccc1CN1C[C@H]2CCC[C@]2(C(=O)OC)C1. The molecule has 2 aliphatic rings. The van der Waals surface area contributed by atoms with Crippen molar-refractivity contribution in [2.45, 2.75) is 39.3 Å². The second-order valence-corrected chi connectivity index (χ2v) is 6.04. The van der Waals surface area contributed by atoms with E-state index < -0.39 is 0 Å². The summed E-state index contributed by atoms with van der Waals surface area (Å²) in [6.07, 6.45) is 5.14. The van der Waals surface area contributed by atoms with Crippen LogP contribution in [-0.4, -0.2) is 40.8 Å². The molecule has 1 aromatic rings. The van der Waals surface area contributed by atoms with Gasteiger partial charge in [-0.1, -0.05) is 6.42 Å². The van der Waals surface area contributed by atoms with E-state index in [1.807, 2.05) is 10.9 Å². The number of aryl methyl sites for hydroxylation is 1. The van der Waals surface area contributed by atoms with Crippen molar-refractivity contribution in [2.24, 2.45) is 11.3 Å². The maximum atomic E-state index is 12.2. The number of ether oxygens (including phenoxy) is 1. The first-order chi connectivity index (χ1) is 9.69. The molecule has 1 aromatic heterocycles. The number of esters is 1. The van der Waals surface area contributed by atoms with Gasteiger partial charge in [0.15, 0.2) is 0 Å². The minimum atomic E-state index is -0.244. The first-order valence-electron chi connectivity index (χ1n) is 7.51. The van der Waals surface area contributed by atoms with Gasteiger partial charge in [0.1, 0.15) is 0 Å². The summed E-state index contributed by atoms with van der Waals surface area (Å²) in [6, 6.07) is 2.07. The van der Waals surface area contributed by atoms with E-state index in [1.54, 1.807) is 0 Å². The molecule has 0 N–H and O–H groups in total. The van der Waals surface area contributed by atoms with E-state index in [-0.39, 0.29) is 11.4 Å². The van der Waals surface area contributed by atoms with Crippen molar-refractivity contribution in [1.29, 1.82) is 0 Å². The van der Waals surface area contributed by atoms with Crippen molar-refractivity contribution in [2.75, 3.05) is 20.2 Å². The zero-order valence-corrected chi connectivity index (χ0v) is 12.3. The van der Waals surface area contributed by atoms with Crippen molar-refractivity contribution in [1.82, 2.24) is 14.7 Å². The highest BCUT2D eigenvalue weighted by Crippen LogP contribution is 2.49. The third-order valence-electron chi connectivity index (χ3n) is 5.02. The molecule has 3 rings (SSSR count). The molecule has 2 fully saturated rings. The number of aromatic nitrogens is 2. The van der Waals surface area contributed by atoms with Crippen molar-refractivity contribution >= 4 is 5.97 Å². The van der Waals surface area contributed by atoms with Crippen molar-refractivity contribution < 1.29 is 9.53 Å². The summed E-state index contributed by atoms with van der Waals surface area (Å²) >= 11 is 0. The lowest BCUT2D eigenvalue weighted by molar-refractivity contribution is -0.153. The van der Waals surface area contributed by atoms with Gasteiger partial charge >= 0.3 is 5.97 Å². The second-order valence-electron chi connectivity index (χ2n) is 6.04. The van der Waals surface area contributed by atoms with Gasteiger partial charge in [-0.3, -0.25) is 14.4 Å². The molecular formula is C15H23N3O2. The Labute approximate surface area is 119 Å². The van der Waals surface area contributed by atoms with Crippen LogP contribution in [0.4, 0.5) is 0 Å². The van der Waals surface area contributed by atoms with E-state index in [0.29, 0.717) is 5.92 Å². The minimum absolute atomic E-state index is 0.00787. The first kappa shape index (κ1) is 13.6. The number of carbonyl (C=O) groups excluding carboxylic acids is 1. The molecule has 110 valence electrons. The normalized spacial score (nSPS) is 29.6. The van der Waals surface area contributed by atoms with Gasteiger partial charge in [0, 0.05) is 32.4 Å². The molecule has 1 saturated heterocycles. The van der Waals surface area contributed by atoms with Gasteiger partial charge in [-0.2, -0.15) is 5.10 Å². The molecule has 1 saturated carbocycles. The molecule has 2 atom stereocenters. The molecule has 5 heteroatoms. The lowest BCUT2D eigenvalue weighted by Crippen LogP contribution is -2.36. The van der Waals surface area contributed by atoms with Gasteiger partial charge in [0.25, 0.3) is 0 Å². The summed E-state index contributed by atoms with van der Waals surface area (Å²) in [5.41, 5.74) is 0.985. The van der Waals surface area contributed by atoms with Crippen LogP contribution < -0.4 is 0 Å². The highest BCUT2D eigenvalue weighted by Gasteiger charge is 2.55. The number of methoxy groups -OCH3 is 1.